The van der Waals surface area contributed by atoms with Crippen LogP contribution in [-0.4, -0.2) is 16.4 Å². The highest BCUT2D eigenvalue weighted by Gasteiger charge is 2.40. The van der Waals surface area contributed by atoms with E-state index >= 15 is 0 Å². The molecule has 164 valence electrons. The lowest BCUT2D eigenvalue weighted by Crippen LogP contribution is -2.38. The average Bonchev–Trinajstić information content (AvgIpc) is 3.21. The summed E-state index contributed by atoms with van der Waals surface area (Å²) in [5, 5.41) is 6.25. The van der Waals surface area contributed by atoms with Crippen LogP contribution in [0.5, 0.6) is 5.75 Å². The normalized spacial score (nSPS) is 11.6. The lowest BCUT2D eigenvalue weighted by atomic mass is 9.77. The van der Waals surface area contributed by atoms with Crippen molar-refractivity contribution in [3.8, 4) is 5.75 Å². The van der Waals surface area contributed by atoms with Gasteiger partial charge in [0.05, 0.1) is 12.1 Å². The number of ether oxygens (including phenoxy) is 1. The second-order valence-corrected chi connectivity index (χ2v) is 9.06. The zero-order valence-electron chi connectivity index (χ0n) is 18.5. The number of aromatic nitrogens is 2. The van der Waals surface area contributed by atoms with E-state index in [4.69, 9.17) is 9.84 Å². The van der Waals surface area contributed by atoms with Crippen molar-refractivity contribution in [2.45, 2.75) is 18.9 Å². The smallest absolute Gasteiger partial charge is 0.138 e. The number of benzene rings is 4. The van der Waals surface area contributed by atoms with E-state index in [9.17, 15) is 0 Å². The molecule has 0 fully saturated rings. The quantitative estimate of drug-likeness (QED) is 0.159. The summed E-state index contributed by atoms with van der Waals surface area (Å²) in [6.45, 7) is 2.83. The third kappa shape index (κ3) is 3.82. The van der Waals surface area contributed by atoms with Crippen molar-refractivity contribution in [1.82, 2.24) is 9.78 Å². The van der Waals surface area contributed by atoms with Crippen LogP contribution < -0.4 is 4.74 Å². The van der Waals surface area contributed by atoms with E-state index in [0.29, 0.717) is 6.61 Å². The Kier molecular flexibility index (Phi) is 6.18. The number of hydrogen-bond acceptors (Lipinski definition) is 2. The molecule has 0 unspecified atom stereocenters. The summed E-state index contributed by atoms with van der Waals surface area (Å²) in [7, 11) is 0. The molecule has 4 aromatic carbocycles. The lowest BCUT2D eigenvalue weighted by Gasteiger charge is -2.37. The van der Waals surface area contributed by atoms with Gasteiger partial charge in [0.1, 0.15) is 15.0 Å². The van der Waals surface area contributed by atoms with Crippen molar-refractivity contribution in [3.05, 3.63) is 130 Å². The molecule has 0 saturated carbocycles. The molecule has 4 heteroatoms. The fourth-order valence-corrected chi connectivity index (χ4v) is 5.18. The van der Waals surface area contributed by atoms with Crippen LogP contribution in [0.1, 0.15) is 30.0 Å². The third-order valence-corrected chi connectivity index (χ3v) is 6.77. The molecular formula is C29H25IN2O. The first-order valence-electron chi connectivity index (χ1n) is 11.2. The molecule has 33 heavy (non-hydrogen) atoms. The second kappa shape index (κ2) is 9.40. The number of nitrogens with zero attached hydrogens (tertiary/aromatic N) is 2. The molecular weight excluding hydrogens is 519 g/mol. The maximum absolute atomic E-state index is 5.93. The summed E-state index contributed by atoms with van der Waals surface area (Å²) in [5.41, 5.74) is 3.93. The maximum Gasteiger partial charge on any atom is 0.138 e. The van der Waals surface area contributed by atoms with Gasteiger partial charge in [0.2, 0.25) is 0 Å². The standard InChI is InChI=1S/C29H25IN2O/c1-2-20-33-25-18-19-27-26(21-25)28(30)31-32(27)29(22-12-6-3-7-13-22,23-14-8-4-9-15-23)24-16-10-5-11-17-24/h3-19,21H,2,20H2,1H3. The minimum atomic E-state index is -0.628. The monoisotopic (exact) mass is 544 g/mol. The van der Waals surface area contributed by atoms with Gasteiger partial charge >= 0.3 is 0 Å². The van der Waals surface area contributed by atoms with Gasteiger partial charge in [0.25, 0.3) is 0 Å². The summed E-state index contributed by atoms with van der Waals surface area (Å²) in [6.07, 6.45) is 0.980. The van der Waals surface area contributed by atoms with E-state index in [1.54, 1.807) is 0 Å². The summed E-state index contributed by atoms with van der Waals surface area (Å²) >= 11 is 2.34. The summed E-state index contributed by atoms with van der Waals surface area (Å²) in [4.78, 5) is 0. The van der Waals surface area contributed by atoms with Gasteiger partial charge in [0, 0.05) is 5.39 Å². The largest absolute Gasteiger partial charge is 0.494 e. The first kappa shape index (κ1) is 21.7. The fourth-order valence-electron chi connectivity index (χ4n) is 4.53. The van der Waals surface area contributed by atoms with Crippen LogP contribution in [0.4, 0.5) is 0 Å². The first-order chi connectivity index (χ1) is 16.2. The third-order valence-electron chi connectivity index (χ3n) is 5.97. The van der Waals surface area contributed by atoms with Crippen molar-refractivity contribution < 1.29 is 4.74 Å². The van der Waals surface area contributed by atoms with Gasteiger partial charge in [-0.2, -0.15) is 5.10 Å². The van der Waals surface area contributed by atoms with Gasteiger partial charge in [-0.15, -0.1) is 0 Å². The first-order valence-corrected chi connectivity index (χ1v) is 12.3. The molecule has 0 amide bonds. The molecule has 0 bridgehead atoms. The predicted octanol–water partition coefficient (Wildman–Crippen LogP) is 7.27. The van der Waals surface area contributed by atoms with Crippen molar-refractivity contribution in [3.63, 3.8) is 0 Å². The van der Waals surface area contributed by atoms with Gasteiger partial charge in [0.15, 0.2) is 0 Å². The van der Waals surface area contributed by atoms with Crippen LogP contribution in [-0.2, 0) is 5.54 Å². The van der Waals surface area contributed by atoms with Gasteiger partial charge < -0.3 is 4.74 Å². The van der Waals surface area contributed by atoms with E-state index < -0.39 is 5.54 Å². The molecule has 0 aliphatic carbocycles. The minimum Gasteiger partial charge on any atom is -0.494 e. The summed E-state index contributed by atoms with van der Waals surface area (Å²) in [6, 6.07) is 38.3. The molecule has 0 saturated heterocycles. The zero-order chi connectivity index (χ0) is 22.7. The maximum atomic E-state index is 5.93. The highest BCUT2D eigenvalue weighted by atomic mass is 127. The number of fused-ring (bicyclic) bond motifs is 1. The molecule has 0 N–H and O–H groups in total. The predicted molar refractivity (Wildman–Crippen MR) is 143 cm³/mol. The van der Waals surface area contributed by atoms with Crippen molar-refractivity contribution in [1.29, 1.82) is 0 Å². The Hall–Kier alpha value is -3.12. The van der Waals surface area contributed by atoms with Crippen LogP contribution >= 0.6 is 22.6 Å². The minimum absolute atomic E-state index is 0.628. The Morgan fingerprint density at radius 3 is 1.76 bits per heavy atom. The molecule has 3 nitrogen and oxygen atoms in total. The Labute approximate surface area is 208 Å². The van der Waals surface area contributed by atoms with E-state index in [0.717, 1.165) is 43.5 Å². The topological polar surface area (TPSA) is 27.1 Å². The average molecular weight is 544 g/mol. The summed E-state index contributed by atoms with van der Waals surface area (Å²) < 4.78 is 9.07. The van der Waals surface area contributed by atoms with Crippen LogP contribution in [0.2, 0.25) is 0 Å². The molecule has 0 aliphatic rings. The Morgan fingerprint density at radius 2 is 1.27 bits per heavy atom. The van der Waals surface area contributed by atoms with E-state index in [2.05, 4.69) is 143 Å². The Bertz CT molecular complexity index is 1250. The molecule has 0 spiro atoms. The van der Waals surface area contributed by atoms with Crippen molar-refractivity contribution >= 4 is 33.5 Å². The number of rotatable bonds is 7. The molecule has 5 aromatic rings. The Morgan fingerprint density at radius 1 is 0.758 bits per heavy atom. The second-order valence-electron chi connectivity index (χ2n) is 8.04. The number of halogens is 1. The van der Waals surface area contributed by atoms with Gasteiger partial charge in [-0.05, 0) is 63.9 Å². The van der Waals surface area contributed by atoms with Gasteiger partial charge in [-0.1, -0.05) is 97.9 Å². The van der Waals surface area contributed by atoms with Crippen LogP contribution in [0.3, 0.4) is 0 Å². The van der Waals surface area contributed by atoms with Crippen LogP contribution in [0.15, 0.2) is 109 Å². The molecule has 5 rings (SSSR count). The Balaban J connectivity index is 1.87. The fraction of sp³-hybridized carbons (Fsp3) is 0.138. The molecule has 0 radical (unpaired) electrons. The summed E-state index contributed by atoms with van der Waals surface area (Å²) in [5.74, 6) is 0.881. The van der Waals surface area contributed by atoms with Crippen LogP contribution in [0, 0.1) is 3.70 Å². The van der Waals surface area contributed by atoms with E-state index in [1.807, 2.05) is 0 Å². The van der Waals surface area contributed by atoms with Crippen molar-refractivity contribution in [2.75, 3.05) is 6.61 Å². The molecule has 0 atom stereocenters. The lowest BCUT2D eigenvalue weighted by molar-refractivity contribution is 0.318. The zero-order valence-corrected chi connectivity index (χ0v) is 20.6. The molecule has 1 aromatic heterocycles. The highest BCUT2D eigenvalue weighted by Crippen LogP contribution is 2.43. The van der Waals surface area contributed by atoms with Crippen LogP contribution in [0.25, 0.3) is 10.9 Å². The molecule has 0 aliphatic heterocycles. The van der Waals surface area contributed by atoms with Gasteiger partial charge in [-0.25, -0.2) is 4.68 Å². The SMILES string of the molecule is CCCOc1ccc2c(c1)c(I)nn2C(c1ccccc1)(c1ccccc1)c1ccccc1. The van der Waals surface area contributed by atoms with E-state index in [-0.39, 0.29) is 0 Å². The number of hydrogen-bond donors (Lipinski definition) is 0. The highest BCUT2D eigenvalue weighted by molar-refractivity contribution is 14.1. The molecule has 1 heterocycles. The van der Waals surface area contributed by atoms with Crippen molar-refractivity contribution in [2.24, 2.45) is 0 Å². The van der Waals surface area contributed by atoms with E-state index in [1.165, 1.54) is 0 Å². The van der Waals surface area contributed by atoms with Gasteiger partial charge in [-0.3, -0.25) is 0 Å².